The van der Waals surface area contributed by atoms with Crippen molar-refractivity contribution in [3.63, 3.8) is 0 Å². The van der Waals surface area contributed by atoms with Gasteiger partial charge in [0.15, 0.2) is 5.58 Å². The van der Waals surface area contributed by atoms with Crippen LogP contribution < -0.4 is 20.6 Å². The van der Waals surface area contributed by atoms with Gasteiger partial charge in [0, 0.05) is 38.8 Å². The number of nitrogens with zero attached hydrogens (tertiary/aromatic N) is 2. The van der Waals surface area contributed by atoms with Crippen molar-refractivity contribution < 1.29 is 4.42 Å². The molecule has 4 heteroatoms. The van der Waals surface area contributed by atoms with Gasteiger partial charge in [0.25, 0.3) is 0 Å². The van der Waals surface area contributed by atoms with Crippen molar-refractivity contribution in [2.24, 2.45) is 0 Å². The van der Waals surface area contributed by atoms with Crippen molar-refractivity contribution in [3.05, 3.63) is 246 Å². The molecule has 0 amide bonds. The topological polar surface area (TPSA) is 19.6 Å². The lowest BCUT2D eigenvalue weighted by atomic mass is 9.41. The summed E-state index contributed by atoms with van der Waals surface area (Å²) in [6, 6.07) is 79.9. The second-order valence-electron chi connectivity index (χ2n) is 19.8. The van der Waals surface area contributed by atoms with Gasteiger partial charge in [-0.1, -0.05) is 190 Å². The summed E-state index contributed by atoms with van der Waals surface area (Å²) in [7, 11) is 0. The number of hydrogen-bond donors (Lipinski definition) is 0. The Labute approximate surface area is 395 Å². The van der Waals surface area contributed by atoms with Crippen LogP contribution in [0.1, 0.15) is 47.2 Å². The highest BCUT2D eigenvalue weighted by atomic mass is 16.3. The second-order valence-corrected chi connectivity index (χ2v) is 19.8. The maximum Gasteiger partial charge on any atom is 0.333 e. The van der Waals surface area contributed by atoms with Gasteiger partial charge in [0.05, 0.1) is 16.8 Å². The molecule has 0 radical (unpaired) electrons. The summed E-state index contributed by atoms with van der Waals surface area (Å²) in [6.07, 6.45) is 0. The third-order valence-electron chi connectivity index (χ3n) is 16.4. The molecular weight excluding hydrogens is 824 g/mol. The standard InChI is InChI=1S/C64H41BN2O/c1-63(2)47-25-10-6-22-42(47)45-37-56-60-58(59(45)63)46-36-39(38-18-4-3-5-19-38)34-35-53(46)67(55-32-16-24-44-43-23-9-15-33-57(43)68-62(44)55)65(60)52-30-17-29-51-61(52)66(56)54-31-14-13-28-50(54)64(51)48-26-11-7-20-40(48)41-21-8-12-27-49(41)64/h3-37H,1-2H3. The fourth-order valence-corrected chi connectivity index (χ4v) is 13.8. The number of anilines is 5. The van der Waals surface area contributed by atoms with E-state index >= 15 is 0 Å². The van der Waals surface area contributed by atoms with Crippen LogP contribution in [0.25, 0.3) is 66.4 Å². The molecule has 16 rings (SSSR count). The van der Waals surface area contributed by atoms with Crippen LogP contribution in [0.5, 0.6) is 0 Å². The van der Waals surface area contributed by atoms with Gasteiger partial charge in [-0.3, -0.25) is 0 Å². The van der Waals surface area contributed by atoms with Crippen LogP contribution in [0, 0.1) is 0 Å². The molecule has 0 saturated carbocycles. The smallest absolute Gasteiger partial charge is 0.333 e. The molecule has 316 valence electrons. The Balaban J connectivity index is 1.10. The van der Waals surface area contributed by atoms with E-state index in [0.29, 0.717) is 0 Å². The quantitative estimate of drug-likeness (QED) is 0.161. The van der Waals surface area contributed by atoms with Gasteiger partial charge < -0.3 is 14.1 Å². The molecule has 4 heterocycles. The first-order chi connectivity index (χ1) is 33.5. The van der Waals surface area contributed by atoms with Crippen molar-refractivity contribution in [1.29, 1.82) is 0 Å². The van der Waals surface area contributed by atoms with Crippen LogP contribution in [-0.2, 0) is 10.8 Å². The van der Waals surface area contributed by atoms with E-state index in [4.69, 9.17) is 4.42 Å². The van der Waals surface area contributed by atoms with E-state index in [1.54, 1.807) is 0 Å². The van der Waals surface area contributed by atoms with E-state index in [1.807, 2.05) is 0 Å². The average Bonchev–Trinajstić information content (AvgIpc) is 4.00. The molecule has 1 spiro atoms. The van der Waals surface area contributed by atoms with Crippen molar-refractivity contribution >= 4 is 68.1 Å². The summed E-state index contributed by atoms with van der Waals surface area (Å²) in [6.45, 7) is 4.68. The Bertz CT molecular complexity index is 4000. The van der Waals surface area contributed by atoms with Crippen LogP contribution in [-0.4, -0.2) is 6.85 Å². The molecule has 5 aliphatic rings. The monoisotopic (exact) mass is 864 g/mol. The number of fused-ring (bicyclic) bond motifs is 20. The molecule has 10 aromatic carbocycles. The zero-order valence-corrected chi connectivity index (χ0v) is 37.6. The fourth-order valence-electron chi connectivity index (χ4n) is 13.8. The molecule has 0 unspecified atom stereocenters. The van der Waals surface area contributed by atoms with E-state index in [1.165, 1.54) is 112 Å². The van der Waals surface area contributed by atoms with Gasteiger partial charge in [0.1, 0.15) is 5.58 Å². The van der Waals surface area contributed by atoms with Crippen molar-refractivity contribution in [2.75, 3.05) is 9.71 Å². The van der Waals surface area contributed by atoms with Crippen molar-refractivity contribution in [3.8, 4) is 44.5 Å². The minimum absolute atomic E-state index is 0.209. The Morgan fingerprint density at radius 1 is 0.426 bits per heavy atom. The zero-order chi connectivity index (χ0) is 44.6. The van der Waals surface area contributed by atoms with Crippen LogP contribution in [0.2, 0.25) is 0 Å². The van der Waals surface area contributed by atoms with E-state index in [0.717, 1.165) is 27.6 Å². The number of hydrogen-bond acceptors (Lipinski definition) is 3. The van der Waals surface area contributed by atoms with E-state index in [9.17, 15) is 0 Å². The lowest BCUT2D eigenvalue weighted by Gasteiger charge is -2.52. The predicted octanol–water partition coefficient (Wildman–Crippen LogP) is 14.9. The van der Waals surface area contributed by atoms with Gasteiger partial charge in [0.2, 0.25) is 0 Å². The normalized spacial score (nSPS) is 15.4. The summed E-state index contributed by atoms with van der Waals surface area (Å²) < 4.78 is 7.04. The molecule has 0 N–H and O–H groups in total. The molecule has 2 aliphatic carbocycles. The molecular formula is C64H41BN2O. The molecule has 0 atom stereocenters. The number of para-hydroxylation sites is 4. The molecule has 68 heavy (non-hydrogen) atoms. The first-order valence-electron chi connectivity index (χ1n) is 24.0. The van der Waals surface area contributed by atoms with E-state index in [-0.39, 0.29) is 12.3 Å². The molecule has 3 nitrogen and oxygen atoms in total. The first kappa shape index (κ1) is 36.8. The molecule has 0 fully saturated rings. The summed E-state index contributed by atoms with van der Waals surface area (Å²) in [5.41, 5.74) is 27.8. The Morgan fingerprint density at radius 2 is 1.04 bits per heavy atom. The number of furan rings is 1. The maximum absolute atomic E-state index is 7.04. The van der Waals surface area contributed by atoms with Crippen LogP contribution in [0.3, 0.4) is 0 Å². The SMILES string of the molecule is CC1(C)c2ccccc2-c2cc3c4c(c21)-c1cc(-c2ccccc2)ccc1N(c1cccc2c1oc1ccccc12)B4c1cccc2c1N3c1ccccc1C21c2ccccc2-c2ccccc21. The van der Waals surface area contributed by atoms with Crippen LogP contribution in [0.4, 0.5) is 28.4 Å². The van der Waals surface area contributed by atoms with Crippen molar-refractivity contribution in [1.82, 2.24) is 0 Å². The highest BCUT2D eigenvalue weighted by molar-refractivity contribution is 6.94. The molecule has 3 aliphatic heterocycles. The summed E-state index contributed by atoms with van der Waals surface area (Å²) in [5, 5.41) is 2.25. The number of rotatable bonds is 2. The summed E-state index contributed by atoms with van der Waals surface area (Å²) in [4.78, 5) is 5.32. The van der Waals surface area contributed by atoms with E-state index in [2.05, 4.69) is 236 Å². The first-order valence-corrected chi connectivity index (χ1v) is 24.0. The minimum Gasteiger partial charge on any atom is -0.454 e. The average molecular weight is 865 g/mol. The summed E-state index contributed by atoms with van der Waals surface area (Å²) >= 11 is 0. The second kappa shape index (κ2) is 12.8. The molecule has 0 bridgehead atoms. The molecule has 11 aromatic rings. The zero-order valence-electron chi connectivity index (χ0n) is 37.6. The van der Waals surface area contributed by atoms with Crippen LogP contribution in [0.15, 0.2) is 217 Å². The van der Waals surface area contributed by atoms with Crippen molar-refractivity contribution in [2.45, 2.75) is 24.7 Å². The van der Waals surface area contributed by atoms with Crippen LogP contribution >= 0.6 is 0 Å². The van der Waals surface area contributed by atoms with Gasteiger partial charge in [-0.15, -0.1) is 0 Å². The van der Waals surface area contributed by atoms with Gasteiger partial charge in [-0.05, 0) is 120 Å². The fraction of sp³-hybridized carbons (Fsp3) is 0.0625. The Morgan fingerprint density at radius 3 is 1.84 bits per heavy atom. The predicted molar refractivity (Wildman–Crippen MR) is 281 cm³/mol. The number of benzene rings is 10. The Kier molecular flexibility index (Phi) is 6.91. The van der Waals surface area contributed by atoms with Gasteiger partial charge >= 0.3 is 6.85 Å². The molecule has 1 aromatic heterocycles. The summed E-state index contributed by atoms with van der Waals surface area (Å²) in [5.74, 6) is 0. The molecule has 0 saturated heterocycles. The van der Waals surface area contributed by atoms with E-state index < -0.39 is 5.41 Å². The minimum atomic E-state index is -0.544. The highest BCUT2D eigenvalue weighted by Gasteiger charge is 2.57. The highest BCUT2D eigenvalue weighted by Crippen LogP contribution is 2.65. The maximum atomic E-state index is 7.04. The third kappa shape index (κ3) is 4.29. The van der Waals surface area contributed by atoms with Gasteiger partial charge in [-0.2, -0.15) is 0 Å². The van der Waals surface area contributed by atoms with Gasteiger partial charge in [-0.25, -0.2) is 0 Å². The lowest BCUT2D eigenvalue weighted by Crippen LogP contribution is -2.63. The Hall–Kier alpha value is -8.34. The third-order valence-corrected chi connectivity index (χ3v) is 16.4. The largest absolute Gasteiger partial charge is 0.454 e. The lowest BCUT2D eigenvalue weighted by molar-refractivity contribution is 0.662.